The monoisotopic (exact) mass is 405 g/mol. The second kappa shape index (κ2) is 8.78. The molecule has 5 heteroatoms. The normalized spacial score (nSPS) is 14.8. The van der Waals surface area contributed by atoms with Crippen molar-refractivity contribution in [1.29, 1.82) is 0 Å². The van der Waals surface area contributed by atoms with E-state index in [-0.39, 0.29) is 6.10 Å². The highest BCUT2D eigenvalue weighted by Gasteiger charge is 2.22. The summed E-state index contributed by atoms with van der Waals surface area (Å²) in [6.45, 7) is 6.98. The van der Waals surface area contributed by atoms with Gasteiger partial charge in [0, 0.05) is 49.6 Å². The number of aromatic nitrogens is 1. The SMILES string of the molecule is CCNC(=S)N1CCC(Oc2ccc(-c3cnc4ccccc4c3C)cc2)CC1. The van der Waals surface area contributed by atoms with Gasteiger partial charge in [0.25, 0.3) is 0 Å². The number of likely N-dealkylation sites (tertiary alicyclic amines) is 1. The van der Waals surface area contributed by atoms with Gasteiger partial charge in [0.05, 0.1) is 5.52 Å². The lowest BCUT2D eigenvalue weighted by Gasteiger charge is -2.33. The van der Waals surface area contributed by atoms with Gasteiger partial charge in [-0.25, -0.2) is 0 Å². The molecule has 3 aromatic rings. The molecule has 1 aromatic heterocycles. The fourth-order valence-corrected chi connectivity index (χ4v) is 4.24. The smallest absolute Gasteiger partial charge is 0.168 e. The number of pyridine rings is 1. The number of nitrogens with zero attached hydrogens (tertiary/aromatic N) is 2. The van der Waals surface area contributed by atoms with Crippen molar-refractivity contribution >= 4 is 28.2 Å². The van der Waals surface area contributed by atoms with Crippen molar-refractivity contribution in [3.05, 3.63) is 60.3 Å². The minimum absolute atomic E-state index is 0.241. The fourth-order valence-electron chi connectivity index (χ4n) is 3.92. The zero-order chi connectivity index (χ0) is 20.2. The van der Waals surface area contributed by atoms with Crippen molar-refractivity contribution in [3.8, 4) is 16.9 Å². The van der Waals surface area contributed by atoms with Gasteiger partial charge in [0.15, 0.2) is 5.11 Å². The molecule has 0 bridgehead atoms. The summed E-state index contributed by atoms with van der Waals surface area (Å²) in [4.78, 5) is 6.85. The molecule has 1 aliphatic heterocycles. The molecule has 0 atom stereocenters. The minimum atomic E-state index is 0.241. The maximum Gasteiger partial charge on any atom is 0.168 e. The van der Waals surface area contributed by atoms with Crippen LogP contribution < -0.4 is 10.1 Å². The average Bonchev–Trinajstić information content (AvgIpc) is 2.76. The number of fused-ring (bicyclic) bond motifs is 1. The molecule has 0 amide bonds. The second-order valence-electron chi connectivity index (χ2n) is 7.48. The number of hydrogen-bond donors (Lipinski definition) is 1. The van der Waals surface area contributed by atoms with Crippen LogP contribution >= 0.6 is 12.2 Å². The third-order valence-electron chi connectivity index (χ3n) is 5.57. The van der Waals surface area contributed by atoms with Gasteiger partial charge in [-0.1, -0.05) is 30.3 Å². The van der Waals surface area contributed by atoms with Crippen molar-refractivity contribution in [2.45, 2.75) is 32.8 Å². The molecule has 150 valence electrons. The van der Waals surface area contributed by atoms with E-state index >= 15 is 0 Å². The number of rotatable bonds is 4. The van der Waals surface area contributed by atoms with E-state index in [9.17, 15) is 0 Å². The molecule has 1 N–H and O–H groups in total. The third kappa shape index (κ3) is 4.35. The highest BCUT2D eigenvalue weighted by molar-refractivity contribution is 7.80. The van der Waals surface area contributed by atoms with Crippen LogP contribution in [0.4, 0.5) is 0 Å². The number of nitrogens with one attached hydrogen (secondary N) is 1. The van der Waals surface area contributed by atoms with Gasteiger partial charge >= 0.3 is 0 Å². The molecular formula is C24H27N3OS. The van der Waals surface area contributed by atoms with Crippen molar-refractivity contribution < 1.29 is 4.74 Å². The van der Waals surface area contributed by atoms with Gasteiger partial charge in [-0.3, -0.25) is 4.98 Å². The van der Waals surface area contributed by atoms with Crippen LogP contribution in [0.15, 0.2) is 54.7 Å². The third-order valence-corrected chi connectivity index (χ3v) is 5.97. The van der Waals surface area contributed by atoms with E-state index < -0.39 is 0 Å². The Kier molecular flexibility index (Phi) is 5.95. The largest absolute Gasteiger partial charge is 0.490 e. The molecular weight excluding hydrogens is 378 g/mol. The number of piperidine rings is 1. The van der Waals surface area contributed by atoms with Crippen LogP contribution in [-0.2, 0) is 0 Å². The molecule has 1 fully saturated rings. The number of benzene rings is 2. The average molecular weight is 406 g/mol. The molecule has 2 heterocycles. The summed E-state index contributed by atoms with van der Waals surface area (Å²) in [7, 11) is 0. The van der Waals surface area contributed by atoms with E-state index in [2.05, 4.69) is 71.5 Å². The molecule has 0 saturated carbocycles. The zero-order valence-corrected chi connectivity index (χ0v) is 17.8. The number of aryl methyl sites for hydroxylation is 1. The molecule has 1 saturated heterocycles. The van der Waals surface area contributed by atoms with Gasteiger partial charge in [-0.15, -0.1) is 0 Å². The topological polar surface area (TPSA) is 37.4 Å². The maximum atomic E-state index is 6.23. The molecule has 2 aromatic carbocycles. The lowest BCUT2D eigenvalue weighted by molar-refractivity contribution is 0.130. The Morgan fingerprint density at radius 3 is 2.59 bits per heavy atom. The maximum absolute atomic E-state index is 6.23. The van der Waals surface area contributed by atoms with Gasteiger partial charge in [-0.05, 0) is 55.4 Å². The number of hydrogen-bond acceptors (Lipinski definition) is 3. The summed E-state index contributed by atoms with van der Waals surface area (Å²) in [6.07, 6.45) is 4.18. The van der Waals surface area contributed by atoms with E-state index in [0.717, 1.165) is 48.9 Å². The van der Waals surface area contributed by atoms with Gasteiger partial charge in [0.1, 0.15) is 11.9 Å². The van der Waals surface area contributed by atoms with Crippen LogP contribution in [0, 0.1) is 6.92 Å². The Hall–Kier alpha value is -2.66. The molecule has 0 unspecified atom stereocenters. The van der Waals surface area contributed by atoms with Crippen molar-refractivity contribution in [2.75, 3.05) is 19.6 Å². The molecule has 29 heavy (non-hydrogen) atoms. The van der Waals surface area contributed by atoms with E-state index in [1.54, 1.807) is 0 Å². The van der Waals surface area contributed by atoms with E-state index in [1.807, 2.05) is 12.3 Å². The van der Waals surface area contributed by atoms with Crippen LogP contribution in [0.2, 0.25) is 0 Å². The van der Waals surface area contributed by atoms with Crippen molar-refractivity contribution in [1.82, 2.24) is 15.2 Å². The summed E-state index contributed by atoms with van der Waals surface area (Å²) < 4.78 is 6.23. The van der Waals surface area contributed by atoms with Crippen LogP contribution in [0.1, 0.15) is 25.3 Å². The Bertz CT molecular complexity index is 995. The quantitative estimate of drug-likeness (QED) is 0.622. The first-order valence-electron chi connectivity index (χ1n) is 10.3. The van der Waals surface area contributed by atoms with Crippen LogP contribution in [0.25, 0.3) is 22.0 Å². The zero-order valence-electron chi connectivity index (χ0n) is 17.0. The highest BCUT2D eigenvalue weighted by Crippen LogP contribution is 2.30. The fraction of sp³-hybridized carbons (Fsp3) is 0.333. The number of para-hydroxylation sites is 1. The highest BCUT2D eigenvalue weighted by atomic mass is 32.1. The first kappa shape index (κ1) is 19.6. The lowest BCUT2D eigenvalue weighted by atomic mass is 9.99. The van der Waals surface area contributed by atoms with E-state index in [0.29, 0.717) is 0 Å². The summed E-state index contributed by atoms with van der Waals surface area (Å²) in [5.74, 6) is 0.924. The number of ether oxygens (including phenoxy) is 1. The Morgan fingerprint density at radius 2 is 1.86 bits per heavy atom. The molecule has 0 radical (unpaired) electrons. The Labute approximate surface area is 177 Å². The Morgan fingerprint density at radius 1 is 1.14 bits per heavy atom. The predicted molar refractivity (Wildman–Crippen MR) is 123 cm³/mol. The summed E-state index contributed by atoms with van der Waals surface area (Å²) >= 11 is 5.41. The standard InChI is InChI=1S/C24H27N3OS/c1-3-25-24(29)27-14-12-20(13-15-27)28-19-10-8-18(9-11-19)22-16-26-23-7-5-4-6-21(23)17(22)2/h4-11,16,20H,3,12-15H2,1-2H3,(H,25,29). The van der Waals surface area contributed by atoms with Crippen LogP contribution in [0.3, 0.4) is 0 Å². The van der Waals surface area contributed by atoms with Crippen molar-refractivity contribution in [2.24, 2.45) is 0 Å². The Balaban J connectivity index is 1.42. The van der Waals surface area contributed by atoms with Crippen LogP contribution in [-0.4, -0.2) is 40.7 Å². The summed E-state index contributed by atoms with van der Waals surface area (Å²) in [5, 5.41) is 5.29. The van der Waals surface area contributed by atoms with Gasteiger partial charge < -0.3 is 15.0 Å². The molecule has 4 rings (SSSR count). The van der Waals surface area contributed by atoms with E-state index in [1.165, 1.54) is 22.1 Å². The summed E-state index contributed by atoms with van der Waals surface area (Å²) in [5.41, 5.74) is 4.63. The predicted octanol–water partition coefficient (Wildman–Crippen LogP) is 4.95. The minimum Gasteiger partial charge on any atom is -0.490 e. The van der Waals surface area contributed by atoms with Gasteiger partial charge in [0.2, 0.25) is 0 Å². The van der Waals surface area contributed by atoms with Gasteiger partial charge in [-0.2, -0.15) is 0 Å². The first-order chi connectivity index (χ1) is 14.2. The van der Waals surface area contributed by atoms with Crippen LogP contribution in [0.5, 0.6) is 5.75 Å². The number of thiocarbonyl (C=S) groups is 1. The van der Waals surface area contributed by atoms with Crippen molar-refractivity contribution in [3.63, 3.8) is 0 Å². The molecule has 0 aliphatic carbocycles. The van der Waals surface area contributed by atoms with E-state index in [4.69, 9.17) is 17.0 Å². The first-order valence-corrected chi connectivity index (χ1v) is 10.7. The second-order valence-corrected chi connectivity index (χ2v) is 7.86. The molecule has 4 nitrogen and oxygen atoms in total. The molecule has 1 aliphatic rings. The summed E-state index contributed by atoms with van der Waals surface area (Å²) in [6, 6.07) is 16.7. The molecule has 0 spiro atoms. The lowest BCUT2D eigenvalue weighted by Crippen LogP contribution is -2.46.